The Balaban J connectivity index is 1.58. The standard InChI is InChI=1S/C24H24Cl2FNO2/c1-2-29-24-14-18(15-28-13-12-17-6-9-19(25)10-7-17)8-11-23(24)30-16-20-21(26)4-3-5-22(20)27/h3-11,14,28H,2,12-13,15-16H2,1H3. The maximum Gasteiger partial charge on any atom is 0.161 e. The molecule has 0 spiro atoms. The molecule has 1 N–H and O–H groups in total. The van der Waals surface area contributed by atoms with Crippen molar-refractivity contribution in [2.75, 3.05) is 13.2 Å². The van der Waals surface area contributed by atoms with Gasteiger partial charge in [0.25, 0.3) is 0 Å². The average molecular weight is 448 g/mol. The summed E-state index contributed by atoms with van der Waals surface area (Å²) in [6.07, 6.45) is 0.917. The molecule has 0 atom stereocenters. The van der Waals surface area contributed by atoms with Crippen LogP contribution in [-0.4, -0.2) is 13.2 Å². The number of hydrogen-bond acceptors (Lipinski definition) is 3. The van der Waals surface area contributed by atoms with E-state index >= 15 is 0 Å². The van der Waals surface area contributed by atoms with Gasteiger partial charge >= 0.3 is 0 Å². The summed E-state index contributed by atoms with van der Waals surface area (Å²) in [5.41, 5.74) is 2.64. The second-order valence-corrected chi connectivity index (χ2v) is 7.60. The first-order valence-electron chi connectivity index (χ1n) is 9.83. The van der Waals surface area contributed by atoms with E-state index in [9.17, 15) is 4.39 Å². The Morgan fingerprint density at radius 3 is 2.40 bits per heavy atom. The number of halogens is 3. The van der Waals surface area contributed by atoms with E-state index in [1.54, 1.807) is 12.1 Å². The molecule has 0 fully saturated rings. The molecule has 0 amide bonds. The number of ether oxygens (including phenoxy) is 2. The predicted molar refractivity (Wildman–Crippen MR) is 120 cm³/mol. The Morgan fingerprint density at radius 2 is 1.67 bits per heavy atom. The third-order valence-corrected chi connectivity index (χ3v) is 5.18. The van der Waals surface area contributed by atoms with Crippen LogP contribution in [0.4, 0.5) is 4.39 Å². The highest BCUT2D eigenvalue weighted by Gasteiger charge is 2.11. The first-order valence-corrected chi connectivity index (χ1v) is 10.6. The van der Waals surface area contributed by atoms with Crippen LogP contribution in [0.5, 0.6) is 11.5 Å². The van der Waals surface area contributed by atoms with Crippen molar-refractivity contribution in [3.63, 3.8) is 0 Å². The molecular weight excluding hydrogens is 424 g/mol. The van der Waals surface area contributed by atoms with Crippen molar-refractivity contribution in [1.82, 2.24) is 5.32 Å². The second-order valence-electron chi connectivity index (χ2n) is 6.76. The molecule has 0 saturated carbocycles. The normalized spacial score (nSPS) is 10.8. The fraction of sp³-hybridized carbons (Fsp3) is 0.250. The highest BCUT2D eigenvalue weighted by atomic mass is 35.5. The summed E-state index contributed by atoms with van der Waals surface area (Å²) in [6, 6.07) is 18.2. The lowest BCUT2D eigenvalue weighted by Gasteiger charge is -2.15. The van der Waals surface area contributed by atoms with Crippen LogP contribution in [0, 0.1) is 5.82 Å². The van der Waals surface area contributed by atoms with Crippen LogP contribution < -0.4 is 14.8 Å². The minimum absolute atomic E-state index is 0.0320. The van der Waals surface area contributed by atoms with Gasteiger partial charge in [-0.05, 0) is 67.4 Å². The van der Waals surface area contributed by atoms with Crippen LogP contribution in [0.3, 0.4) is 0 Å². The summed E-state index contributed by atoms with van der Waals surface area (Å²) in [7, 11) is 0. The van der Waals surface area contributed by atoms with Crippen LogP contribution >= 0.6 is 23.2 Å². The third kappa shape index (κ3) is 6.36. The summed E-state index contributed by atoms with van der Waals surface area (Å²) in [6.45, 7) is 3.99. The van der Waals surface area contributed by atoms with Gasteiger partial charge in [-0.3, -0.25) is 0 Å². The van der Waals surface area contributed by atoms with Gasteiger partial charge in [-0.1, -0.05) is 47.5 Å². The molecule has 0 heterocycles. The molecular formula is C24H24Cl2FNO2. The molecule has 0 bridgehead atoms. The Hall–Kier alpha value is -2.27. The molecule has 0 aliphatic heterocycles. The lowest BCUT2D eigenvalue weighted by atomic mass is 10.1. The quantitative estimate of drug-likeness (QED) is 0.362. The monoisotopic (exact) mass is 447 g/mol. The zero-order chi connectivity index (χ0) is 21.3. The summed E-state index contributed by atoms with van der Waals surface area (Å²) < 4.78 is 25.5. The van der Waals surface area contributed by atoms with Crippen molar-refractivity contribution in [3.8, 4) is 11.5 Å². The van der Waals surface area contributed by atoms with Crippen LogP contribution in [0.15, 0.2) is 60.7 Å². The summed E-state index contributed by atoms with van der Waals surface area (Å²) in [4.78, 5) is 0. The lowest BCUT2D eigenvalue weighted by Crippen LogP contribution is -2.16. The maximum absolute atomic E-state index is 14.0. The van der Waals surface area contributed by atoms with Gasteiger partial charge in [0.1, 0.15) is 12.4 Å². The smallest absolute Gasteiger partial charge is 0.161 e. The number of nitrogens with one attached hydrogen (secondary N) is 1. The highest BCUT2D eigenvalue weighted by molar-refractivity contribution is 6.31. The van der Waals surface area contributed by atoms with Crippen molar-refractivity contribution >= 4 is 23.2 Å². The van der Waals surface area contributed by atoms with E-state index in [0.717, 1.165) is 23.6 Å². The van der Waals surface area contributed by atoms with Crippen LogP contribution in [0.2, 0.25) is 10.0 Å². The van der Waals surface area contributed by atoms with Crippen molar-refractivity contribution < 1.29 is 13.9 Å². The summed E-state index contributed by atoms with van der Waals surface area (Å²) in [5.74, 6) is 0.796. The fourth-order valence-corrected chi connectivity index (χ4v) is 3.33. The first kappa shape index (κ1) is 22.4. The minimum Gasteiger partial charge on any atom is -0.490 e. The van der Waals surface area contributed by atoms with E-state index in [1.165, 1.54) is 11.6 Å². The van der Waals surface area contributed by atoms with E-state index in [1.807, 2.05) is 49.4 Å². The second kappa shape index (κ2) is 11.2. The molecule has 6 heteroatoms. The van der Waals surface area contributed by atoms with Gasteiger partial charge in [0, 0.05) is 17.1 Å². The van der Waals surface area contributed by atoms with Crippen molar-refractivity contribution in [1.29, 1.82) is 0 Å². The van der Waals surface area contributed by atoms with Gasteiger partial charge in [-0.25, -0.2) is 4.39 Å². The van der Waals surface area contributed by atoms with Crippen molar-refractivity contribution in [2.24, 2.45) is 0 Å². The van der Waals surface area contributed by atoms with Crippen LogP contribution in [0.25, 0.3) is 0 Å². The zero-order valence-corrected chi connectivity index (χ0v) is 18.3. The molecule has 0 radical (unpaired) electrons. The Bertz CT molecular complexity index is 944. The van der Waals surface area contributed by atoms with Crippen LogP contribution in [0.1, 0.15) is 23.6 Å². The van der Waals surface area contributed by atoms with Crippen molar-refractivity contribution in [2.45, 2.75) is 26.5 Å². The van der Waals surface area contributed by atoms with Gasteiger partial charge in [0.2, 0.25) is 0 Å². The largest absolute Gasteiger partial charge is 0.490 e. The molecule has 158 valence electrons. The fourth-order valence-electron chi connectivity index (χ4n) is 2.99. The SMILES string of the molecule is CCOc1cc(CNCCc2ccc(Cl)cc2)ccc1OCc1c(F)cccc1Cl. The number of benzene rings is 3. The van der Waals surface area contributed by atoms with Gasteiger partial charge in [0.15, 0.2) is 11.5 Å². The average Bonchev–Trinajstić information content (AvgIpc) is 2.73. The maximum atomic E-state index is 14.0. The molecule has 30 heavy (non-hydrogen) atoms. The molecule has 0 aliphatic rings. The minimum atomic E-state index is -0.387. The van der Waals surface area contributed by atoms with Gasteiger partial charge in [0.05, 0.1) is 11.6 Å². The molecule has 0 aliphatic carbocycles. The van der Waals surface area contributed by atoms with Crippen molar-refractivity contribution in [3.05, 3.63) is 93.2 Å². The lowest BCUT2D eigenvalue weighted by molar-refractivity contribution is 0.265. The first-order chi connectivity index (χ1) is 14.6. The molecule has 0 unspecified atom stereocenters. The molecule has 3 rings (SSSR count). The molecule has 0 saturated heterocycles. The van der Waals surface area contributed by atoms with E-state index in [4.69, 9.17) is 32.7 Å². The van der Waals surface area contributed by atoms with E-state index in [-0.39, 0.29) is 12.4 Å². The molecule has 0 aromatic heterocycles. The molecule has 3 aromatic carbocycles. The topological polar surface area (TPSA) is 30.5 Å². The highest BCUT2D eigenvalue weighted by Crippen LogP contribution is 2.30. The van der Waals surface area contributed by atoms with Gasteiger partial charge < -0.3 is 14.8 Å². The van der Waals surface area contributed by atoms with Gasteiger partial charge in [-0.15, -0.1) is 0 Å². The molecule has 3 aromatic rings. The Kier molecular flexibility index (Phi) is 8.38. The van der Waals surface area contributed by atoms with E-state index in [0.29, 0.717) is 35.2 Å². The predicted octanol–water partition coefficient (Wildman–Crippen LogP) is 6.44. The Labute approximate surface area is 186 Å². The summed E-state index contributed by atoms with van der Waals surface area (Å²) in [5, 5.41) is 4.52. The zero-order valence-electron chi connectivity index (χ0n) is 16.8. The Morgan fingerprint density at radius 1 is 0.900 bits per heavy atom. The summed E-state index contributed by atoms with van der Waals surface area (Å²) >= 11 is 12.0. The number of hydrogen-bond donors (Lipinski definition) is 1. The van der Waals surface area contributed by atoms with E-state index < -0.39 is 0 Å². The van der Waals surface area contributed by atoms with E-state index in [2.05, 4.69) is 5.32 Å². The van der Waals surface area contributed by atoms with Crippen LogP contribution in [-0.2, 0) is 19.6 Å². The molecule has 3 nitrogen and oxygen atoms in total. The number of rotatable bonds is 10. The van der Waals surface area contributed by atoms with Gasteiger partial charge in [-0.2, -0.15) is 0 Å². The third-order valence-electron chi connectivity index (χ3n) is 4.57.